The molecular weight excluding hydrogens is 427 g/mol. The Balaban J connectivity index is 1.75. The third kappa shape index (κ3) is 7.52. The van der Waals surface area contributed by atoms with E-state index in [4.69, 9.17) is 28.7 Å². The summed E-state index contributed by atoms with van der Waals surface area (Å²) in [6.45, 7) is 1.14. The molecular formula is C21H25O9P. The SMILES string of the molecule is CC(=O)O[C@H]1C(OCc2ccccc2)[C@@H](COP(=O)(O)O)O[C@H]1OCc1ccccc1. The molecule has 31 heavy (non-hydrogen) atoms. The lowest BCUT2D eigenvalue weighted by atomic mass is 10.1. The molecule has 1 fully saturated rings. The maximum atomic E-state index is 11.7. The largest absolute Gasteiger partial charge is 0.469 e. The van der Waals surface area contributed by atoms with Crippen LogP contribution in [0.4, 0.5) is 0 Å². The minimum absolute atomic E-state index is 0.171. The molecule has 1 aliphatic rings. The predicted octanol–water partition coefficient (Wildman–Crippen LogP) is 2.55. The number of phosphoric acid groups is 1. The summed E-state index contributed by atoms with van der Waals surface area (Å²) >= 11 is 0. The average molecular weight is 452 g/mol. The van der Waals surface area contributed by atoms with Crippen molar-refractivity contribution in [1.82, 2.24) is 0 Å². The Morgan fingerprint density at radius 3 is 2.00 bits per heavy atom. The molecule has 4 atom stereocenters. The van der Waals surface area contributed by atoms with Crippen molar-refractivity contribution in [3.05, 3.63) is 71.8 Å². The summed E-state index contributed by atoms with van der Waals surface area (Å²) in [7, 11) is -4.74. The van der Waals surface area contributed by atoms with Crippen molar-refractivity contribution < 1.29 is 42.6 Å². The molecule has 0 spiro atoms. The van der Waals surface area contributed by atoms with Crippen LogP contribution >= 0.6 is 7.82 Å². The maximum Gasteiger partial charge on any atom is 0.469 e. The van der Waals surface area contributed by atoms with E-state index in [0.717, 1.165) is 11.1 Å². The monoisotopic (exact) mass is 452 g/mol. The van der Waals surface area contributed by atoms with E-state index in [-0.39, 0.29) is 13.2 Å². The van der Waals surface area contributed by atoms with E-state index in [1.54, 1.807) is 0 Å². The van der Waals surface area contributed by atoms with E-state index >= 15 is 0 Å². The lowest BCUT2D eigenvalue weighted by Gasteiger charge is -2.24. The van der Waals surface area contributed by atoms with Crippen LogP contribution in [0, 0.1) is 0 Å². The lowest BCUT2D eigenvalue weighted by molar-refractivity contribution is -0.192. The third-order valence-corrected chi connectivity index (χ3v) is 5.00. The summed E-state index contributed by atoms with van der Waals surface area (Å²) in [5.41, 5.74) is 1.75. The van der Waals surface area contributed by atoms with Gasteiger partial charge in [-0.1, -0.05) is 60.7 Å². The van der Waals surface area contributed by atoms with Gasteiger partial charge >= 0.3 is 13.8 Å². The zero-order valence-electron chi connectivity index (χ0n) is 16.9. The summed E-state index contributed by atoms with van der Waals surface area (Å²) < 4.78 is 38.8. The van der Waals surface area contributed by atoms with Gasteiger partial charge in [0.2, 0.25) is 0 Å². The van der Waals surface area contributed by atoms with E-state index in [1.165, 1.54) is 6.92 Å². The molecule has 0 aromatic heterocycles. The van der Waals surface area contributed by atoms with Crippen LogP contribution in [-0.4, -0.2) is 47.0 Å². The van der Waals surface area contributed by atoms with Crippen LogP contribution in [0.5, 0.6) is 0 Å². The molecule has 2 aromatic carbocycles. The molecule has 0 saturated carbocycles. The van der Waals surface area contributed by atoms with Crippen molar-refractivity contribution >= 4 is 13.8 Å². The minimum Gasteiger partial charge on any atom is -0.454 e. The van der Waals surface area contributed by atoms with Crippen molar-refractivity contribution in [1.29, 1.82) is 0 Å². The molecule has 2 aromatic rings. The number of benzene rings is 2. The number of rotatable bonds is 10. The summed E-state index contributed by atoms with van der Waals surface area (Å²) in [5.74, 6) is -0.563. The Labute approximate surface area is 180 Å². The molecule has 168 valence electrons. The first kappa shape index (κ1) is 23.6. The highest BCUT2D eigenvalue weighted by molar-refractivity contribution is 7.46. The summed E-state index contributed by atoms with van der Waals surface area (Å²) in [6.07, 6.45) is -3.75. The molecule has 9 nitrogen and oxygen atoms in total. The van der Waals surface area contributed by atoms with Gasteiger partial charge in [0, 0.05) is 6.92 Å². The number of phosphoric ester groups is 1. The average Bonchev–Trinajstić information content (AvgIpc) is 3.06. The van der Waals surface area contributed by atoms with Gasteiger partial charge < -0.3 is 28.7 Å². The highest BCUT2D eigenvalue weighted by Crippen LogP contribution is 2.38. The molecule has 1 unspecified atom stereocenters. The van der Waals surface area contributed by atoms with Crippen molar-refractivity contribution in [3.63, 3.8) is 0 Å². The van der Waals surface area contributed by atoms with Crippen LogP contribution in [-0.2, 0) is 46.0 Å². The van der Waals surface area contributed by atoms with Gasteiger partial charge in [-0.15, -0.1) is 0 Å². The zero-order chi connectivity index (χ0) is 22.3. The second-order valence-electron chi connectivity index (χ2n) is 6.96. The number of esters is 1. The standard InChI is InChI=1S/C21H25O9P/c1-15(22)29-20-19(26-12-16-8-4-2-5-9-16)18(14-28-31(23,24)25)30-21(20)27-13-17-10-6-3-7-11-17/h2-11,18-21H,12-14H2,1H3,(H2,23,24,25)/t18-,19?,20+,21-/m1/s1. The highest BCUT2D eigenvalue weighted by atomic mass is 31.2. The van der Waals surface area contributed by atoms with E-state index in [0.29, 0.717) is 0 Å². The molecule has 2 N–H and O–H groups in total. The van der Waals surface area contributed by atoms with Crippen molar-refractivity contribution in [2.75, 3.05) is 6.61 Å². The quantitative estimate of drug-likeness (QED) is 0.414. The minimum atomic E-state index is -4.74. The Morgan fingerprint density at radius 2 is 1.48 bits per heavy atom. The van der Waals surface area contributed by atoms with Crippen LogP contribution in [0.2, 0.25) is 0 Å². The summed E-state index contributed by atoms with van der Waals surface area (Å²) in [4.78, 5) is 29.9. The second-order valence-corrected chi connectivity index (χ2v) is 8.20. The third-order valence-electron chi connectivity index (χ3n) is 4.52. The topological polar surface area (TPSA) is 121 Å². The number of hydrogen-bond acceptors (Lipinski definition) is 7. The molecule has 0 radical (unpaired) electrons. The van der Waals surface area contributed by atoms with Crippen molar-refractivity contribution in [2.24, 2.45) is 0 Å². The normalized spacial score (nSPS) is 23.6. The first-order valence-corrected chi connectivity index (χ1v) is 11.2. The smallest absolute Gasteiger partial charge is 0.454 e. The maximum absolute atomic E-state index is 11.7. The first-order chi connectivity index (χ1) is 14.8. The van der Waals surface area contributed by atoms with E-state index in [9.17, 15) is 9.36 Å². The van der Waals surface area contributed by atoms with Gasteiger partial charge in [-0.05, 0) is 11.1 Å². The Morgan fingerprint density at radius 1 is 0.935 bits per heavy atom. The summed E-state index contributed by atoms with van der Waals surface area (Å²) in [5, 5.41) is 0. The highest BCUT2D eigenvalue weighted by Gasteiger charge is 2.49. The van der Waals surface area contributed by atoms with Crippen LogP contribution in [0.25, 0.3) is 0 Å². The van der Waals surface area contributed by atoms with Crippen molar-refractivity contribution in [2.45, 2.75) is 44.7 Å². The Kier molecular flexibility index (Phi) is 8.34. The molecule has 3 rings (SSSR count). The van der Waals surface area contributed by atoms with Gasteiger partial charge in [0.05, 0.1) is 19.8 Å². The summed E-state index contributed by atoms with van der Waals surface area (Å²) in [6, 6.07) is 18.6. The second kappa shape index (κ2) is 11.0. The Bertz CT molecular complexity index is 871. The molecule has 0 amide bonds. The van der Waals surface area contributed by atoms with E-state index in [1.807, 2.05) is 60.7 Å². The van der Waals surface area contributed by atoms with Gasteiger partial charge in [0.1, 0.15) is 12.2 Å². The first-order valence-electron chi connectivity index (χ1n) is 9.65. The number of ether oxygens (including phenoxy) is 4. The Hall–Kier alpha value is -2.10. The van der Waals surface area contributed by atoms with Gasteiger partial charge in [0.15, 0.2) is 12.4 Å². The fourth-order valence-electron chi connectivity index (χ4n) is 3.17. The van der Waals surface area contributed by atoms with Gasteiger partial charge in [0.25, 0.3) is 0 Å². The fraction of sp³-hybridized carbons (Fsp3) is 0.381. The molecule has 1 saturated heterocycles. The lowest BCUT2D eigenvalue weighted by Crippen LogP contribution is -2.40. The number of carbonyl (C=O) groups excluding carboxylic acids is 1. The van der Waals surface area contributed by atoms with Crippen LogP contribution in [0.3, 0.4) is 0 Å². The number of hydrogen-bond donors (Lipinski definition) is 2. The molecule has 0 aliphatic carbocycles. The van der Waals surface area contributed by atoms with Gasteiger partial charge in [-0.2, -0.15) is 0 Å². The van der Waals surface area contributed by atoms with Crippen LogP contribution in [0.15, 0.2) is 60.7 Å². The number of carbonyl (C=O) groups is 1. The van der Waals surface area contributed by atoms with Crippen LogP contribution in [0.1, 0.15) is 18.1 Å². The predicted molar refractivity (Wildman–Crippen MR) is 108 cm³/mol. The molecule has 1 aliphatic heterocycles. The van der Waals surface area contributed by atoms with Crippen LogP contribution < -0.4 is 0 Å². The van der Waals surface area contributed by atoms with Gasteiger partial charge in [-0.25, -0.2) is 4.57 Å². The molecule has 10 heteroatoms. The van der Waals surface area contributed by atoms with Crippen molar-refractivity contribution in [3.8, 4) is 0 Å². The van der Waals surface area contributed by atoms with Gasteiger partial charge in [-0.3, -0.25) is 9.32 Å². The fourth-order valence-corrected chi connectivity index (χ4v) is 3.51. The molecule has 1 heterocycles. The zero-order valence-corrected chi connectivity index (χ0v) is 17.8. The van der Waals surface area contributed by atoms with E-state index < -0.39 is 45.0 Å². The molecule has 0 bridgehead atoms. The van der Waals surface area contributed by atoms with E-state index in [2.05, 4.69) is 4.52 Å².